The van der Waals surface area contributed by atoms with Gasteiger partial charge in [-0.25, -0.2) is 9.79 Å². The van der Waals surface area contributed by atoms with Crippen LogP contribution in [-0.2, 0) is 20.4 Å². The zero-order valence-electron chi connectivity index (χ0n) is 10.6. The Hall–Kier alpha value is -2.05. The van der Waals surface area contributed by atoms with Crippen molar-refractivity contribution >= 4 is 12.4 Å². The largest absolute Gasteiger partial charge is 0.473 e. The van der Waals surface area contributed by atoms with E-state index in [2.05, 4.69) is 4.99 Å². The minimum atomic E-state index is -4.45. The summed E-state index contributed by atoms with van der Waals surface area (Å²) in [5.41, 5.74) is -0.566. The molecule has 2 rings (SSSR count). The van der Waals surface area contributed by atoms with Crippen molar-refractivity contribution in [3.8, 4) is 0 Å². The van der Waals surface area contributed by atoms with E-state index < -0.39 is 29.9 Å². The Balaban J connectivity index is 2.25. The van der Waals surface area contributed by atoms with Crippen molar-refractivity contribution in [1.82, 2.24) is 0 Å². The molecule has 1 aliphatic rings. The minimum absolute atomic E-state index is 0.167. The van der Waals surface area contributed by atoms with Crippen LogP contribution in [0.3, 0.4) is 0 Å². The number of benzene rings is 1. The molecule has 0 unspecified atom stereocenters. The van der Waals surface area contributed by atoms with Crippen molar-refractivity contribution in [3.63, 3.8) is 0 Å². The van der Waals surface area contributed by atoms with E-state index in [-0.39, 0.29) is 12.2 Å². The number of halogens is 3. The molecule has 2 atom stereocenters. The normalized spacial score (nSPS) is 21.6. The molecule has 0 amide bonds. The third-order valence-electron chi connectivity index (χ3n) is 2.79. The number of nitrogens with zero attached hydrogens (tertiary/aromatic N) is 1. The van der Waals surface area contributed by atoms with Gasteiger partial charge in [-0.2, -0.15) is 13.2 Å². The summed E-state index contributed by atoms with van der Waals surface area (Å²) in [6.07, 6.45) is -4.28. The van der Waals surface area contributed by atoms with Gasteiger partial charge in [0.05, 0.1) is 12.2 Å². The summed E-state index contributed by atoms with van der Waals surface area (Å²) in [6, 6.07) is 3.66. The van der Waals surface area contributed by atoms with Gasteiger partial charge >= 0.3 is 12.1 Å². The van der Waals surface area contributed by atoms with Gasteiger partial charge in [-0.05, 0) is 24.6 Å². The fourth-order valence-electron chi connectivity index (χ4n) is 1.88. The molecule has 0 aromatic heterocycles. The fourth-order valence-corrected chi connectivity index (χ4v) is 1.88. The van der Waals surface area contributed by atoms with E-state index in [1.807, 2.05) is 0 Å². The number of ether oxygens (including phenoxy) is 2. The third kappa shape index (κ3) is 2.92. The van der Waals surface area contributed by atoms with Gasteiger partial charge in [0.25, 0.3) is 0 Å². The first kappa shape index (κ1) is 14.4. The molecule has 1 heterocycles. The van der Waals surface area contributed by atoms with Crippen molar-refractivity contribution in [1.29, 1.82) is 0 Å². The Morgan fingerprint density at radius 1 is 1.45 bits per heavy atom. The second-order valence-electron chi connectivity index (χ2n) is 4.13. The van der Waals surface area contributed by atoms with Crippen LogP contribution in [0.4, 0.5) is 13.2 Å². The lowest BCUT2D eigenvalue weighted by Gasteiger charge is -2.17. The maximum absolute atomic E-state index is 12.7. The molecular formula is C13H12F3NO3. The number of carbonyl (C=O) groups excluding carboxylic acids is 1. The van der Waals surface area contributed by atoms with E-state index in [0.717, 1.165) is 18.5 Å². The van der Waals surface area contributed by atoms with Crippen LogP contribution < -0.4 is 0 Å². The molecule has 1 aliphatic heterocycles. The van der Waals surface area contributed by atoms with Crippen LogP contribution in [0.25, 0.3) is 0 Å². The van der Waals surface area contributed by atoms with E-state index >= 15 is 0 Å². The second-order valence-corrected chi connectivity index (χ2v) is 4.13. The van der Waals surface area contributed by atoms with Crippen LogP contribution in [0.2, 0.25) is 0 Å². The molecule has 0 radical (unpaired) electrons. The van der Waals surface area contributed by atoms with E-state index in [9.17, 15) is 18.0 Å². The number of rotatable bonds is 3. The lowest BCUT2D eigenvalue weighted by molar-refractivity contribution is -0.146. The molecule has 0 fully saturated rings. The van der Waals surface area contributed by atoms with Crippen molar-refractivity contribution in [2.45, 2.75) is 25.2 Å². The number of aliphatic imine (C=N–C) groups is 1. The van der Waals surface area contributed by atoms with Crippen LogP contribution >= 0.6 is 0 Å². The quantitative estimate of drug-likeness (QED) is 0.803. The summed E-state index contributed by atoms with van der Waals surface area (Å²) in [5, 5.41) is 0. The van der Waals surface area contributed by atoms with Crippen LogP contribution in [-0.4, -0.2) is 25.0 Å². The second kappa shape index (κ2) is 5.52. The number of alkyl halides is 3. The molecule has 0 N–H and O–H groups in total. The molecule has 108 valence electrons. The van der Waals surface area contributed by atoms with Gasteiger partial charge in [0.15, 0.2) is 18.5 Å². The maximum atomic E-state index is 12.7. The fraction of sp³-hybridized carbons (Fsp3) is 0.385. The van der Waals surface area contributed by atoms with E-state index in [0.29, 0.717) is 0 Å². The number of hydrogen-bond acceptors (Lipinski definition) is 4. The van der Waals surface area contributed by atoms with Gasteiger partial charge in [-0.3, -0.25) is 0 Å². The third-order valence-corrected chi connectivity index (χ3v) is 2.79. The van der Waals surface area contributed by atoms with Crippen molar-refractivity contribution in [2.75, 3.05) is 6.61 Å². The summed E-state index contributed by atoms with van der Waals surface area (Å²) in [5.74, 6) is -0.622. The predicted octanol–water partition coefficient (Wildman–Crippen LogP) is 2.74. The van der Waals surface area contributed by atoms with Crippen LogP contribution in [0.1, 0.15) is 24.2 Å². The Kier molecular flexibility index (Phi) is 3.96. The molecule has 0 saturated carbocycles. The van der Waals surface area contributed by atoms with Gasteiger partial charge in [-0.1, -0.05) is 12.1 Å². The zero-order valence-corrected chi connectivity index (χ0v) is 10.6. The highest BCUT2D eigenvalue weighted by Crippen LogP contribution is 2.34. The molecule has 4 nitrogen and oxygen atoms in total. The lowest BCUT2D eigenvalue weighted by atomic mass is 10.0. The Bertz CT molecular complexity index is 528. The molecule has 20 heavy (non-hydrogen) atoms. The summed E-state index contributed by atoms with van der Waals surface area (Å²) in [4.78, 5) is 15.5. The SMILES string of the molecule is CCOC(=O)[C@H]1N=CO[C@@H]1c1cccc(C(F)(F)F)c1. The van der Waals surface area contributed by atoms with E-state index in [1.54, 1.807) is 6.92 Å². The number of esters is 1. The van der Waals surface area contributed by atoms with Gasteiger partial charge in [-0.15, -0.1) is 0 Å². The van der Waals surface area contributed by atoms with E-state index in [4.69, 9.17) is 9.47 Å². The van der Waals surface area contributed by atoms with Crippen molar-refractivity contribution in [3.05, 3.63) is 35.4 Å². The topological polar surface area (TPSA) is 47.9 Å². The minimum Gasteiger partial charge on any atom is -0.473 e. The first-order valence-electron chi connectivity index (χ1n) is 5.94. The van der Waals surface area contributed by atoms with Crippen molar-refractivity contribution in [2.24, 2.45) is 4.99 Å². The smallest absolute Gasteiger partial charge is 0.416 e. The van der Waals surface area contributed by atoms with Gasteiger partial charge < -0.3 is 9.47 Å². The highest BCUT2D eigenvalue weighted by molar-refractivity contribution is 5.80. The molecular weight excluding hydrogens is 275 g/mol. The Labute approximate surface area is 113 Å². The molecule has 1 aromatic rings. The van der Waals surface area contributed by atoms with Crippen LogP contribution in [0.15, 0.2) is 29.3 Å². The zero-order chi connectivity index (χ0) is 14.8. The molecule has 0 spiro atoms. The number of carbonyl (C=O) groups is 1. The molecule has 1 aromatic carbocycles. The summed E-state index contributed by atoms with van der Waals surface area (Å²) in [6.45, 7) is 1.80. The highest BCUT2D eigenvalue weighted by Gasteiger charge is 2.37. The van der Waals surface area contributed by atoms with Gasteiger partial charge in [0.1, 0.15) is 0 Å². The van der Waals surface area contributed by atoms with Gasteiger partial charge in [0, 0.05) is 0 Å². The number of hydrogen-bond donors (Lipinski definition) is 0. The average molecular weight is 287 g/mol. The molecule has 7 heteroatoms. The maximum Gasteiger partial charge on any atom is 0.416 e. The molecule has 0 bridgehead atoms. The first-order valence-corrected chi connectivity index (χ1v) is 5.94. The molecule has 0 aliphatic carbocycles. The molecule has 0 saturated heterocycles. The van der Waals surface area contributed by atoms with Gasteiger partial charge in [0.2, 0.25) is 0 Å². The Morgan fingerprint density at radius 3 is 2.85 bits per heavy atom. The lowest BCUT2D eigenvalue weighted by Crippen LogP contribution is -2.26. The van der Waals surface area contributed by atoms with E-state index in [1.165, 1.54) is 12.1 Å². The summed E-state index contributed by atoms with van der Waals surface area (Å²) < 4.78 is 47.9. The Morgan fingerprint density at radius 2 is 2.20 bits per heavy atom. The van der Waals surface area contributed by atoms with Crippen molar-refractivity contribution < 1.29 is 27.4 Å². The van der Waals surface area contributed by atoms with Crippen LogP contribution in [0, 0.1) is 0 Å². The van der Waals surface area contributed by atoms with Crippen LogP contribution in [0.5, 0.6) is 0 Å². The highest BCUT2D eigenvalue weighted by atomic mass is 19.4. The predicted molar refractivity (Wildman–Crippen MR) is 64.2 cm³/mol. The standard InChI is InChI=1S/C13H12F3NO3/c1-2-19-12(18)10-11(20-7-17-10)8-4-3-5-9(6-8)13(14,15)16/h3-7,10-11H,2H2,1H3/t10-,11+/m0/s1. The average Bonchev–Trinajstić information content (AvgIpc) is 2.87. The summed E-state index contributed by atoms with van der Waals surface area (Å²) >= 11 is 0. The first-order chi connectivity index (χ1) is 9.43. The monoisotopic (exact) mass is 287 g/mol. The summed E-state index contributed by atoms with van der Waals surface area (Å²) in [7, 11) is 0.